The number of rotatable bonds is 5. The molecule has 0 N–H and O–H groups in total. The van der Waals surface area contributed by atoms with Gasteiger partial charge in [-0.15, -0.1) is 0 Å². The Morgan fingerprint density at radius 1 is 1.07 bits per heavy atom. The Morgan fingerprint density at radius 2 is 1.83 bits per heavy atom. The van der Waals surface area contributed by atoms with Gasteiger partial charge in [0, 0.05) is 18.2 Å². The first kappa shape index (κ1) is 18.4. The second-order valence-electron chi connectivity index (χ2n) is 6.66. The van der Waals surface area contributed by atoms with E-state index in [0.717, 1.165) is 11.1 Å². The summed E-state index contributed by atoms with van der Waals surface area (Å²) in [5, 5.41) is 10.8. The summed E-state index contributed by atoms with van der Waals surface area (Å²) in [5.74, 6) is 0.982. The van der Waals surface area contributed by atoms with Crippen LogP contribution in [-0.2, 0) is 6.61 Å². The van der Waals surface area contributed by atoms with Crippen LogP contribution in [0.4, 0.5) is 5.69 Å². The molecule has 0 fully saturated rings. The third kappa shape index (κ3) is 3.87. The molecule has 29 heavy (non-hydrogen) atoms. The van der Waals surface area contributed by atoms with Gasteiger partial charge in [0.05, 0.1) is 10.5 Å². The highest BCUT2D eigenvalue weighted by Gasteiger charge is 2.27. The fraction of sp³-hybridized carbons (Fsp3) is 0.0870. The van der Waals surface area contributed by atoms with Gasteiger partial charge in [0.2, 0.25) is 5.78 Å². The fourth-order valence-electron chi connectivity index (χ4n) is 3.03. The highest BCUT2D eigenvalue weighted by Crippen LogP contribution is 2.35. The second-order valence-corrected chi connectivity index (χ2v) is 6.66. The normalized spacial score (nSPS) is 13.8. The number of hydrogen-bond donors (Lipinski definition) is 0. The summed E-state index contributed by atoms with van der Waals surface area (Å²) in [4.78, 5) is 22.9. The van der Waals surface area contributed by atoms with E-state index >= 15 is 0 Å². The number of Topliss-reactive ketones (excluding diaryl/α,β-unsaturated/α-hetero) is 1. The maximum Gasteiger partial charge on any atom is 0.269 e. The van der Waals surface area contributed by atoms with Gasteiger partial charge in [-0.25, -0.2) is 0 Å². The lowest BCUT2D eigenvalue weighted by Gasteiger charge is -2.09. The van der Waals surface area contributed by atoms with E-state index in [1.165, 1.54) is 12.1 Å². The summed E-state index contributed by atoms with van der Waals surface area (Å²) in [5.41, 5.74) is 3.32. The van der Waals surface area contributed by atoms with Gasteiger partial charge >= 0.3 is 0 Å². The number of nitro groups is 1. The van der Waals surface area contributed by atoms with E-state index in [1.807, 2.05) is 31.2 Å². The molecule has 6 heteroatoms. The Morgan fingerprint density at radius 3 is 2.55 bits per heavy atom. The first-order chi connectivity index (χ1) is 14.0. The summed E-state index contributed by atoms with van der Waals surface area (Å²) in [6.45, 7) is 2.45. The van der Waals surface area contributed by atoms with E-state index in [-0.39, 0.29) is 17.2 Å². The van der Waals surface area contributed by atoms with Crippen molar-refractivity contribution in [2.75, 3.05) is 0 Å². The molecule has 0 aliphatic carbocycles. The monoisotopic (exact) mass is 387 g/mol. The zero-order valence-electron chi connectivity index (χ0n) is 15.6. The van der Waals surface area contributed by atoms with Gasteiger partial charge in [-0.1, -0.05) is 24.3 Å². The number of non-ortho nitro benzene ring substituents is 1. The van der Waals surface area contributed by atoms with Crippen molar-refractivity contribution in [1.82, 2.24) is 0 Å². The summed E-state index contributed by atoms with van der Waals surface area (Å²) in [6, 6.07) is 19.0. The van der Waals surface area contributed by atoms with Crippen LogP contribution in [0.3, 0.4) is 0 Å². The lowest BCUT2D eigenvalue weighted by Crippen LogP contribution is -1.98. The van der Waals surface area contributed by atoms with Gasteiger partial charge in [0.1, 0.15) is 18.1 Å². The number of fused-ring (bicyclic) bond motifs is 1. The standard InChI is InChI=1S/C23H17NO5/c1-15-4-2-3-5-17(15)14-28-19-10-11-20-21(13-19)29-22(23(20)25)12-16-6-8-18(9-7-16)24(26)27/h2-13H,14H2,1H3/b22-12+. The molecule has 6 nitrogen and oxygen atoms in total. The molecule has 0 atom stereocenters. The minimum Gasteiger partial charge on any atom is -0.489 e. The van der Waals surface area contributed by atoms with Crippen LogP contribution in [0.2, 0.25) is 0 Å². The van der Waals surface area contributed by atoms with Crippen molar-refractivity contribution in [3.8, 4) is 11.5 Å². The number of carbonyl (C=O) groups is 1. The van der Waals surface area contributed by atoms with Crippen molar-refractivity contribution in [2.45, 2.75) is 13.5 Å². The predicted octanol–water partition coefficient (Wildman–Crippen LogP) is 5.10. The maximum atomic E-state index is 12.6. The summed E-state index contributed by atoms with van der Waals surface area (Å²) >= 11 is 0. The number of hydrogen-bond acceptors (Lipinski definition) is 5. The van der Waals surface area contributed by atoms with Crippen molar-refractivity contribution in [1.29, 1.82) is 0 Å². The van der Waals surface area contributed by atoms with Crippen molar-refractivity contribution >= 4 is 17.5 Å². The molecule has 1 heterocycles. The quantitative estimate of drug-likeness (QED) is 0.346. The van der Waals surface area contributed by atoms with Crippen LogP contribution < -0.4 is 9.47 Å². The highest BCUT2D eigenvalue weighted by atomic mass is 16.6. The molecule has 0 amide bonds. The minimum absolute atomic E-state index is 0.00968. The molecule has 0 spiro atoms. The Labute approximate surface area is 167 Å². The molecule has 4 rings (SSSR count). The van der Waals surface area contributed by atoms with E-state index in [4.69, 9.17) is 9.47 Å². The maximum absolute atomic E-state index is 12.6. The summed E-state index contributed by atoms with van der Waals surface area (Å²) < 4.78 is 11.6. The third-order valence-corrected chi connectivity index (χ3v) is 4.70. The van der Waals surface area contributed by atoms with Gasteiger partial charge in [-0.2, -0.15) is 0 Å². The Balaban J connectivity index is 1.51. The van der Waals surface area contributed by atoms with Crippen molar-refractivity contribution in [2.24, 2.45) is 0 Å². The topological polar surface area (TPSA) is 78.7 Å². The molecule has 3 aromatic carbocycles. The van der Waals surface area contributed by atoms with E-state index in [2.05, 4.69) is 0 Å². The molecule has 3 aromatic rings. The van der Waals surface area contributed by atoms with Crippen molar-refractivity contribution < 1.29 is 19.2 Å². The molecule has 0 saturated heterocycles. The first-order valence-corrected chi connectivity index (χ1v) is 9.01. The Bertz CT molecular complexity index is 1130. The van der Waals surface area contributed by atoms with Crippen LogP contribution >= 0.6 is 0 Å². The van der Waals surface area contributed by atoms with Gasteiger partial charge in [-0.05, 0) is 54.0 Å². The number of carbonyl (C=O) groups excluding carboxylic acids is 1. The van der Waals surface area contributed by atoms with E-state index < -0.39 is 4.92 Å². The second kappa shape index (κ2) is 7.59. The predicted molar refractivity (Wildman–Crippen MR) is 108 cm³/mol. The summed E-state index contributed by atoms with van der Waals surface area (Å²) in [6.07, 6.45) is 1.57. The van der Waals surface area contributed by atoms with Gasteiger partial charge in [-0.3, -0.25) is 14.9 Å². The van der Waals surface area contributed by atoms with E-state index in [9.17, 15) is 14.9 Å². The molecule has 0 bridgehead atoms. The molecular formula is C23H17NO5. The van der Waals surface area contributed by atoms with Crippen LogP contribution in [-0.4, -0.2) is 10.7 Å². The molecule has 0 unspecified atom stereocenters. The smallest absolute Gasteiger partial charge is 0.269 e. The number of nitro benzene ring substituents is 1. The number of ether oxygens (including phenoxy) is 2. The van der Waals surface area contributed by atoms with Gasteiger partial charge in [0.25, 0.3) is 5.69 Å². The van der Waals surface area contributed by atoms with Crippen LogP contribution in [0, 0.1) is 17.0 Å². The number of nitrogens with zero attached hydrogens (tertiary/aromatic N) is 1. The van der Waals surface area contributed by atoms with E-state index in [0.29, 0.717) is 29.2 Å². The summed E-state index contributed by atoms with van der Waals surface area (Å²) in [7, 11) is 0. The zero-order chi connectivity index (χ0) is 20.4. The zero-order valence-corrected chi connectivity index (χ0v) is 15.6. The highest BCUT2D eigenvalue weighted by molar-refractivity contribution is 6.14. The number of allylic oxidation sites excluding steroid dienone is 1. The van der Waals surface area contributed by atoms with Crippen LogP contribution in [0.15, 0.2) is 72.5 Å². The largest absolute Gasteiger partial charge is 0.489 e. The Kier molecular flexibility index (Phi) is 4.83. The van der Waals surface area contributed by atoms with Crippen LogP contribution in [0.1, 0.15) is 27.0 Å². The van der Waals surface area contributed by atoms with Crippen molar-refractivity contribution in [3.05, 3.63) is 105 Å². The molecule has 144 valence electrons. The Hall–Kier alpha value is -3.93. The van der Waals surface area contributed by atoms with E-state index in [1.54, 1.807) is 36.4 Å². The first-order valence-electron chi connectivity index (χ1n) is 9.01. The molecular weight excluding hydrogens is 370 g/mol. The van der Waals surface area contributed by atoms with Crippen molar-refractivity contribution in [3.63, 3.8) is 0 Å². The van der Waals surface area contributed by atoms with Crippen LogP contribution in [0.5, 0.6) is 11.5 Å². The fourth-order valence-corrected chi connectivity index (χ4v) is 3.03. The van der Waals surface area contributed by atoms with Crippen LogP contribution in [0.25, 0.3) is 6.08 Å². The SMILES string of the molecule is Cc1ccccc1COc1ccc2c(c1)O/C(=C/c1ccc([N+](=O)[O-])cc1)C2=O. The molecule has 1 aliphatic heterocycles. The number of benzene rings is 3. The lowest BCUT2D eigenvalue weighted by molar-refractivity contribution is -0.384. The average molecular weight is 387 g/mol. The molecule has 0 saturated carbocycles. The average Bonchev–Trinajstić information content (AvgIpc) is 3.02. The molecule has 0 aromatic heterocycles. The lowest BCUT2D eigenvalue weighted by atomic mass is 10.1. The van der Waals surface area contributed by atoms with Gasteiger partial charge < -0.3 is 9.47 Å². The number of ketones is 1. The molecule has 0 radical (unpaired) electrons. The van der Waals surface area contributed by atoms with Gasteiger partial charge in [0.15, 0.2) is 5.76 Å². The number of aryl methyl sites for hydroxylation is 1. The minimum atomic E-state index is -0.470. The third-order valence-electron chi connectivity index (χ3n) is 4.70. The molecule has 1 aliphatic rings.